The highest BCUT2D eigenvalue weighted by Gasteiger charge is 2.31. The second-order valence-corrected chi connectivity index (χ2v) is 5.91. The molecule has 2 aromatic rings. The maximum atomic E-state index is 10.5. The highest BCUT2D eigenvalue weighted by molar-refractivity contribution is 5.18. The van der Waals surface area contributed by atoms with Gasteiger partial charge in [-0.3, -0.25) is 0 Å². The summed E-state index contributed by atoms with van der Waals surface area (Å²) in [5.74, 6) is 0. The molecular weight excluding hydrogens is 332 g/mol. The van der Waals surface area contributed by atoms with Gasteiger partial charge in [-0.05, 0) is 35.0 Å². The molecule has 2 aromatic carbocycles. The van der Waals surface area contributed by atoms with E-state index in [0.717, 1.165) is 11.1 Å². The summed E-state index contributed by atoms with van der Waals surface area (Å²) in [5, 5.41) is 28.3. The second kappa shape index (κ2) is 10.1. The number of aliphatic hydroxyl groups is 2. The van der Waals surface area contributed by atoms with E-state index in [0.29, 0.717) is 0 Å². The Bertz CT molecular complexity index is 705. The molecule has 8 heteroatoms. The van der Waals surface area contributed by atoms with E-state index in [1.807, 2.05) is 60.7 Å². The summed E-state index contributed by atoms with van der Waals surface area (Å²) in [6, 6.07) is 16.7. The van der Waals surface area contributed by atoms with Gasteiger partial charge in [-0.15, -0.1) is 0 Å². The molecular formula is C18H20N6O2. The molecule has 8 nitrogen and oxygen atoms in total. The first-order chi connectivity index (χ1) is 12.7. The zero-order valence-electron chi connectivity index (χ0n) is 14.1. The van der Waals surface area contributed by atoms with Gasteiger partial charge in [-0.1, -0.05) is 70.9 Å². The fraction of sp³-hybridized carbons (Fsp3) is 0.333. The van der Waals surface area contributed by atoms with Gasteiger partial charge in [0.05, 0.1) is 24.3 Å². The van der Waals surface area contributed by atoms with E-state index in [2.05, 4.69) is 20.1 Å². The van der Waals surface area contributed by atoms with Gasteiger partial charge in [0.25, 0.3) is 0 Å². The monoisotopic (exact) mass is 352 g/mol. The number of nitrogens with zero attached hydrogens (tertiary/aromatic N) is 6. The lowest BCUT2D eigenvalue weighted by atomic mass is 9.92. The topological polar surface area (TPSA) is 138 Å². The standard InChI is InChI=1S/C18H20N6O2/c19-23-21-15(11-13-7-3-1-4-8-13)17(25)18(26)16(22-24-20)12-14-9-5-2-6-10-14/h1-10,15-18,25-26H,11-12H2. The Balaban J connectivity index is 2.17. The van der Waals surface area contributed by atoms with Crippen LogP contribution in [0.5, 0.6) is 0 Å². The first kappa shape index (κ1) is 19.3. The van der Waals surface area contributed by atoms with E-state index in [-0.39, 0.29) is 12.8 Å². The molecule has 26 heavy (non-hydrogen) atoms. The smallest absolute Gasteiger partial charge is 0.0891 e. The Kier molecular flexibility index (Phi) is 7.49. The molecule has 134 valence electrons. The van der Waals surface area contributed by atoms with Crippen LogP contribution in [0, 0.1) is 0 Å². The van der Waals surface area contributed by atoms with Crippen molar-refractivity contribution in [3.05, 3.63) is 92.7 Å². The molecule has 0 heterocycles. The molecule has 0 aliphatic carbocycles. The average molecular weight is 352 g/mol. The van der Waals surface area contributed by atoms with Crippen LogP contribution in [0.15, 0.2) is 70.9 Å². The number of hydrogen-bond donors (Lipinski definition) is 2. The van der Waals surface area contributed by atoms with Gasteiger partial charge in [0.1, 0.15) is 0 Å². The van der Waals surface area contributed by atoms with Crippen molar-refractivity contribution in [1.82, 2.24) is 0 Å². The molecule has 2 N–H and O–H groups in total. The van der Waals surface area contributed by atoms with E-state index < -0.39 is 24.3 Å². The summed E-state index contributed by atoms with van der Waals surface area (Å²) < 4.78 is 0. The van der Waals surface area contributed by atoms with Crippen LogP contribution in [0.4, 0.5) is 0 Å². The van der Waals surface area contributed by atoms with Gasteiger partial charge < -0.3 is 10.2 Å². The lowest BCUT2D eigenvalue weighted by molar-refractivity contribution is -0.00953. The third-order valence-corrected chi connectivity index (χ3v) is 4.11. The Morgan fingerprint density at radius 3 is 1.35 bits per heavy atom. The minimum absolute atomic E-state index is 0.261. The largest absolute Gasteiger partial charge is 0.390 e. The summed E-state index contributed by atoms with van der Waals surface area (Å²) in [6.45, 7) is 0. The maximum absolute atomic E-state index is 10.5. The van der Waals surface area contributed by atoms with Crippen molar-refractivity contribution in [3.8, 4) is 0 Å². The minimum atomic E-state index is -1.37. The average Bonchev–Trinajstić information content (AvgIpc) is 2.68. The summed E-state index contributed by atoms with van der Waals surface area (Å²) in [4.78, 5) is 5.55. The van der Waals surface area contributed by atoms with Gasteiger partial charge in [-0.2, -0.15) is 0 Å². The van der Waals surface area contributed by atoms with Gasteiger partial charge in [-0.25, -0.2) is 0 Å². The lowest BCUT2D eigenvalue weighted by Gasteiger charge is -2.27. The van der Waals surface area contributed by atoms with Crippen molar-refractivity contribution >= 4 is 0 Å². The highest BCUT2D eigenvalue weighted by atomic mass is 16.3. The molecule has 0 spiro atoms. The Labute approximate surface area is 151 Å². The van der Waals surface area contributed by atoms with E-state index in [9.17, 15) is 10.2 Å². The van der Waals surface area contributed by atoms with Crippen molar-refractivity contribution in [2.24, 2.45) is 10.2 Å². The van der Waals surface area contributed by atoms with E-state index in [1.54, 1.807) is 0 Å². The van der Waals surface area contributed by atoms with Crippen molar-refractivity contribution in [2.75, 3.05) is 0 Å². The maximum Gasteiger partial charge on any atom is 0.0891 e. The summed E-state index contributed by atoms with van der Waals surface area (Å²) in [5.41, 5.74) is 19.3. The van der Waals surface area contributed by atoms with E-state index >= 15 is 0 Å². The quantitative estimate of drug-likeness (QED) is 0.405. The highest BCUT2D eigenvalue weighted by Crippen LogP contribution is 2.18. The van der Waals surface area contributed by atoms with Crippen LogP contribution in [0.25, 0.3) is 20.9 Å². The van der Waals surface area contributed by atoms with Gasteiger partial charge in [0.15, 0.2) is 0 Å². The fourth-order valence-corrected chi connectivity index (χ4v) is 2.76. The van der Waals surface area contributed by atoms with Crippen molar-refractivity contribution in [3.63, 3.8) is 0 Å². The molecule has 4 unspecified atom stereocenters. The van der Waals surface area contributed by atoms with Crippen molar-refractivity contribution < 1.29 is 10.2 Å². The third-order valence-electron chi connectivity index (χ3n) is 4.11. The number of azide groups is 2. The SMILES string of the molecule is [N-]=[N+]=NC(Cc1ccccc1)C(O)C(O)C(Cc1ccccc1)N=[N+]=[N-]. The molecule has 0 aliphatic heterocycles. The van der Waals surface area contributed by atoms with Gasteiger partial charge >= 0.3 is 0 Å². The lowest BCUT2D eigenvalue weighted by Crippen LogP contribution is -2.44. The number of aliphatic hydroxyl groups excluding tert-OH is 2. The zero-order chi connectivity index (χ0) is 18.8. The normalized spacial score (nSPS) is 15.0. The van der Waals surface area contributed by atoms with Crippen LogP contribution in [-0.2, 0) is 12.8 Å². The van der Waals surface area contributed by atoms with Crippen LogP contribution in [0.2, 0.25) is 0 Å². The molecule has 2 rings (SSSR count). The summed E-state index contributed by atoms with van der Waals surface area (Å²) in [7, 11) is 0. The minimum Gasteiger partial charge on any atom is -0.390 e. The molecule has 0 saturated heterocycles. The molecule has 0 bridgehead atoms. The second-order valence-electron chi connectivity index (χ2n) is 5.91. The van der Waals surface area contributed by atoms with Crippen molar-refractivity contribution in [1.29, 1.82) is 0 Å². The first-order valence-corrected chi connectivity index (χ1v) is 8.18. The van der Waals surface area contributed by atoms with E-state index in [1.165, 1.54) is 0 Å². The van der Waals surface area contributed by atoms with Crippen LogP contribution in [0.3, 0.4) is 0 Å². The number of rotatable bonds is 9. The molecule has 0 aromatic heterocycles. The van der Waals surface area contributed by atoms with Crippen molar-refractivity contribution in [2.45, 2.75) is 37.1 Å². The first-order valence-electron chi connectivity index (χ1n) is 8.18. The van der Waals surface area contributed by atoms with Crippen LogP contribution >= 0.6 is 0 Å². The number of benzene rings is 2. The zero-order valence-corrected chi connectivity index (χ0v) is 14.1. The van der Waals surface area contributed by atoms with Crippen LogP contribution < -0.4 is 0 Å². The van der Waals surface area contributed by atoms with Gasteiger partial charge in [0.2, 0.25) is 0 Å². The predicted octanol–water partition coefficient (Wildman–Crippen LogP) is 3.55. The molecule has 4 atom stereocenters. The number of hydrogen-bond acceptors (Lipinski definition) is 4. The molecule has 0 amide bonds. The molecule has 0 aliphatic rings. The van der Waals surface area contributed by atoms with Crippen LogP contribution in [0.1, 0.15) is 11.1 Å². The van der Waals surface area contributed by atoms with Gasteiger partial charge in [0, 0.05) is 9.82 Å². The molecule has 0 saturated carbocycles. The Hall–Kier alpha value is -3.02. The summed E-state index contributed by atoms with van der Waals surface area (Å²) >= 11 is 0. The van der Waals surface area contributed by atoms with E-state index in [4.69, 9.17) is 11.1 Å². The molecule has 0 fully saturated rings. The third kappa shape index (κ3) is 5.51. The molecule has 0 radical (unpaired) electrons. The Morgan fingerprint density at radius 1 is 0.692 bits per heavy atom. The fourth-order valence-electron chi connectivity index (χ4n) is 2.76. The van der Waals surface area contributed by atoms with Crippen LogP contribution in [-0.4, -0.2) is 34.5 Å². The predicted molar refractivity (Wildman–Crippen MR) is 98.2 cm³/mol. The Morgan fingerprint density at radius 2 is 1.04 bits per heavy atom. The summed E-state index contributed by atoms with van der Waals surface area (Å²) in [6.07, 6.45) is -2.22.